The Labute approximate surface area is 94.8 Å². The number of aliphatic carboxylic acids is 1. The fraction of sp³-hybridized carbons (Fsp3) is 0.308. The van der Waals surface area contributed by atoms with Gasteiger partial charge in [0.1, 0.15) is 0 Å². The monoisotopic (exact) mass is 217 g/mol. The topological polar surface area (TPSA) is 49.3 Å². The molecule has 3 nitrogen and oxygen atoms in total. The number of allylic oxidation sites excluding steroid dienone is 1. The molecule has 1 aromatic rings. The summed E-state index contributed by atoms with van der Waals surface area (Å²) in [7, 11) is 0. The summed E-state index contributed by atoms with van der Waals surface area (Å²) < 4.78 is 0. The molecular formula is C13H15NO2. The molecule has 2 N–H and O–H groups in total. The average Bonchev–Trinajstić information content (AvgIpc) is 2.50. The lowest BCUT2D eigenvalue weighted by molar-refractivity contribution is -0.132. The van der Waals surface area contributed by atoms with Crippen LogP contribution < -0.4 is 5.32 Å². The summed E-state index contributed by atoms with van der Waals surface area (Å²) >= 11 is 0. The molecule has 0 atom stereocenters. The molecule has 2 rings (SSSR count). The third-order valence-electron chi connectivity index (χ3n) is 2.94. The van der Waals surface area contributed by atoms with Crippen LogP contribution in [0.15, 0.2) is 29.8 Å². The summed E-state index contributed by atoms with van der Waals surface area (Å²) in [6.07, 6.45) is 1.79. The lowest BCUT2D eigenvalue weighted by atomic mass is 9.96. The van der Waals surface area contributed by atoms with Crippen LogP contribution in [0.5, 0.6) is 0 Å². The minimum absolute atomic E-state index is 0.455. The molecule has 0 spiro atoms. The van der Waals surface area contributed by atoms with Gasteiger partial charge in [-0.15, -0.1) is 0 Å². The molecule has 3 heteroatoms. The highest BCUT2D eigenvalue weighted by Gasteiger charge is 2.16. The molecule has 1 aliphatic heterocycles. The second-order valence-electron chi connectivity index (χ2n) is 3.98. The van der Waals surface area contributed by atoms with Gasteiger partial charge in [-0.05, 0) is 31.4 Å². The molecule has 0 fully saturated rings. The maximum absolute atomic E-state index is 11.0. The number of carboxylic acid groups (broad SMARTS) is 1. The molecule has 0 amide bonds. The zero-order valence-electron chi connectivity index (χ0n) is 9.29. The van der Waals surface area contributed by atoms with Crippen LogP contribution in [-0.4, -0.2) is 17.6 Å². The van der Waals surface area contributed by atoms with Crippen molar-refractivity contribution in [1.82, 2.24) is 0 Å². The van der Waals surface area contributed by atoms with E-state index in [1.807, 2.05) is 24.3 Å². The molecule has 0 bridgehead atoms. The summed E-state index contributed by atoms with van der Waals surface area (Å²) in [4.78, 5) is 11.0. The first-order valence-electron chi connectivity index (χ1n) is 5.46. The van der Waals surface area contributed by atoms with Crippen LogP contribution in [0, 0.1) is 0 Å². The second kappa shape index (κ2) is 4.39. The Balaban J connectivity index is 2.56. The smallest absolute Gasteiger partial charge is 0.331 e. The van der Waals surface area contributed by atoms with Crippen molar-refractivity contribution in [1.29, 1.82) is 0 Å². The largest absolute Gasteiger partial charge is 0.478 e. The highest BCUT2D eigenvalue weighted by molar-refractivity contribution is 5.97. The normalized spacial score (nSPS) is 18.1. The molecule has 0 radical (unpaired) electrons. The molecule has 0 saturated heterocycles. The van der Waals surface area contributed by atoms with Crippen LogP contribution >= 0.6 is 0 Å². The van der Waals surface area contributed by atoms with Gasteiger partial charge in [-0.1, -0.05) is 18.2 Å². The Hall–Kier alpha value is -1.77. The molecule has 1 heterocycles. The highest BCUT2D eigenvalue weighted by atomic mass is 16.4. The van der Waals surface area contributed by atoms with Gasteiger partial charge in [-0.3, -0.25) is 0 Å². The lowest BCUT2D eigenvalue weighted by Gasteiger charge is -2.10. The number of rotatable bonds is 1. The number of nitrogens with one attached hydrogen (secondary N) is 1. The lowest BCUT2D eigenvalue weighted by Crippen LogP contribution is -2.01. The van der Waals surface area contributed by atoms with Gasteiger partial charge in [0.05, 0.1) is 0 Å². The van der Waals surface area contributed by atoms with Crippen LogP contribution in [0.25, 0.3) is 5.57 Å². The van der Waals surface area contributed by atoms with E-state index in [0.29, 0.717) is 5.57 Å². The van der Waals surface area contributed by atoms with Gasteiger partial charge in [0.25, 0.3) is 0 Å². The predicted molar refractivity (Wildman–Crippen MR) is 64.4 cm³/mol. The maximum Gasteiger partial charge on any atom is 0.331 e. The quantitative estimate of drug-likeness (QED) is 0.711. The zero-order valence-corrected chi connectivity index (χ0v) is 9.29. The number of hydrogen-bond donors (Lipinski definition) is 2. The number of fused-ring (bicyclic) bond motifs is 1. The molecule has 1 aliphatic rings. The molecule has 0 unspecified atom stereocenters. The Bertz CT molecular complexity index is 449. The Morgan fingerprint density at radius 2 is 2.12 bits per heavy atom. The SMILES string of the molecule is C/C(C(=O)O)=C1/CCCNc2ccccc21. The minimum atomic E-state index is -0.827. The molecule has 0 aromatic heterocycles. The van der Waals surface area contributed by atoms with Gasteiger partial charge < -0.3 is 10.4 Å². The number of para-hydroxylation sites is 1. The van der Waals surface area contributed by atoms with Crippen molar-refractivity contribution in [3.63, 3.8) is 0 Å². The van der Waals surface area contributed by atoms with E-state index < -0.39 is 5.97 Å². The Morgan fingerprint density at radius 3 is 2.88 bits per heavy atom. The third-order valence-corrected chi connectivity index (χ3v) is 2.94. The molecule has 0 aliphatic carbocycles. The van der Waals surface area contributed by atoms with Gasteiger partial charge in [-0.25, -0.2) is 4.79 Å². The predicted octanol–water partition coefficient (Wildman–Crippen LogP) is 2.75. The Morgan fingerprint density at radius 1 is 1.38 bits per heavy atom. The molecule has 16 heavy (non-hydrogen) atoms. The number of carbonyl (C=O) groups is 1. The van der Waals surface area contributed by atoms with Crippen molar-refractivity contribution in [2.45, 2.75) is 19.8 Å². The summed E-state index contributed by atoms with van der Waals surface area (Å²) in [5, 5.41) is 12.4. The van der Waals surface area contributed by atoms with Crippen molar-refractivity contribution in [2.24, 2.45) is 0 Å². The van der Waals surface area contributed by atoms with Crippen LogP contribution in [0.4, 0.5) is 5.69 Å². The summed E-state index contributed by atoms with van der Waals surface area (Å²) in [5.74, 6) is -0.827. The number of carboxylic acids is 1. The summed E-state index contributed by atoms with van der Waals surface area (Å²) in [5.41, 5.74) is 3.47. The number of benzene rings is 1. The van der Waals surface area contributed by atoms with Gasteiger partial charge in [0.15, 0.2) is 0 Å². The number of anilines is 1. The first-order valence-corrected chi connectivity index (χ1v) is 5.46. The average molecular weight is 217 g/mol. The number of hydrogen-bond acceptors (Lipinski definition) is 2. The summed E-state index contributed by atoms with van der Waals surface area (Å²) in [6, 6.07) is 7.89. The highest BCUT2D eigenvalue weighted by Crippen LogP contribution is 2.32. The molecular weight excluding hydrogens is 202 g/mol. The van der Waals surface area contributed by atoms with Gasteiger partial charge in [0, 0.05) is 23.4 Å². The van der Waals surface area contributed by atoms with E-state index >= 15 is 0 Å². The van der Waals surface area contributed by atoms with Crippen LogP contribution in [0.3, 0.4) is 0 Å². The van der Waals surface area contributed by atoms with E-state index in [2.05, 4.69) is 5.32 Å². The molecule has 84 valence electrons. The van der Waals surface area contributed by atoms with Gasteiger partial charge in [0.2, 0.25) is 0 Å². The third kappa shape index (κ3) is 1.94. The Kier molecular flexibility index (Phi) is 2.95. The van der Waals surface area contributed by atoms with E-state index in [4.69, 9.17) is 5.11 Å². The van der Waals surface area contributed by atoms with Gasteiger partial charge >= 0.3 is 5.97 Å². The fourth-order valence-electron chi connectivity index (χ4n) is 2.04. The zero-order chi connectivity index (χ0) is 11.5. The van der Waals surface area contributed by atoms with E-state index in [1.165, 1.54) is 0 Å². The second-order valence-corrected chi connectivity index (χ2v) is 3.98. The van der Waals surface area contributed by atoms with Crippen LogP contribution in [-0.2, 0) is 4.79 Å². The van der Waals surface area contributed by atoms with Crippen molar-refractivity contribution in [3.05, 3.63) is 35.4 Å². The molecule has 1 aromatic carbocycles. The molecule has 0 saturated carbocycles. The standard InChI is InChI=1S/C13H15NO2/c1-9(13(15)16)10-6-4-8-14-12-7-3-2-5-11(10)12/h2-3,5,7,14H,4,6,8H2,1H3,(H,15,16)/b10-9+. The van der Waals surface area contributed by atoms with E-state index in [-0.39, 0.29) is 0 Å². The summed E-state index contributed by atoms with van der Waals surface area (Å²) in [6.45, 7) is 2.58. The van der Waals surface area contributed by atoms with Crippen molar-refractivity contribution < 1.29 is 9.90 Å². The van der Waals surface area contributed by atoms with Crippen LogP contribution in [0.2, 0.25) is 0 Å². The fourth-order valence-corrected chi connectivity index (χ4v) is 2.04. The first-order chi connectivity index (χ1) is 7.70. The first kappa shape index (κ1) is 10.7. The van der Waals surface area contributed by atoms with Crippen LogP contribution in [0.1, 0.15) is 25.3 Å². The van der Waals surface area contributed by atoms with Gasteiger partial charge in [-0.2, -0.15) is 0 Å². The van der Waals surface area contributed by atoms with E-state index in [0.717, 1.165) is 36.2 Å². The van der Waals surface area contributed by atoms with Crippen molar-refractivity contribution >= 4 is 17.2 Å². The minimum Gasteiger partial charge on any atom is -0.478 e. The van der Waals surface area contributed by atoms with Crippen molar-refractivity contribution in [2.75, 3.05) is 11.9 Å². The maximum atomic E-state index is 11.0. The van der Waals surface area contributed by atoms with E-state index in [9.17, 15) is 4.79 Å². The van der Waals surface area contributed by atoms with E-state index in [1.54, 1.807) is 6.92 Å². The van der Waals surface area contributed by atoms with Crippen molar-refractivity contribution in [3.8, 4) is 0 Å².